The number of carbonyl (C=O) groups excluding carboxylic acids is 2. The van der Waals surface area contributed by atoms with E-state index in [1.54, 1.807) is 30.3 Å². The van der Waals surface area contributed by atoms with Crippen LogP contribution in [-0.4, -0.2) is 33.2 Å². The molecule has 35 heavy (non-hydrogen) atoms. The molecule has 0 bridgehead atoms. The first kappa shape index (κ1) is 23.7. The second-order valence-corrected chi connectivity index (χ2v) is 7.52. The third-order valence-corrected chi connectivity index (χ3v) is 5.09. The first-order valence-corrected chi connectivity index (χ1v) is 10.5. The summed E-state index contributed by atoms with van der Waals surface area (Å²) in [5, 5.41) is 7.06. The molecule has 11 heteroatoms. The van der Waals surface area contributed by atoms with Crippen LogP contribution in [0.3, 0.4) is 0 Å². The number of amides is 1. The number of hydrogen-bond donors (Lipinski definition) is 2. The van der Waals surface area contributed by atoms with E-state index in [1.165, 1.54) is 31.2 Å². The Hall–Kier alpha value is -4.41. The minimum atomic E-state index is -4.89. The summed E-state index contributed by atoms with van der Waals surface area (Å²) in [7, 11) is 0. The summed E-state index contributed by atoms with van der Waals surface area (Å²) in [6, 6.07) is 14.3. The Morgan fingerprint density at radius 1 is 1.11 bits per heavy atom. The highest BCUT2D eigenvalue weighted by Crippen LogP contribution is 2.34. The molecule has 0 aliphatic heterocycles. The number of alkyl halides is 3. The Balaban J connectivity index is 1.60. The smallest absolute Gasteiger partial charge is 0.434 e. The molecule has 4 rings (SSSR count). The van der Waals surface area contributed by atoms with Gasteiger partial charge in [-0.1, -0.05) is 24.3 Å². The molecule has 2 heterocycles. The number of aromatic nitrogens is 3. The Bertz CT molecular complexity index is 1470. The Kier molecular flexibility index (Phi) is 6.41. The Morgan fingerprint density at radius 3 is 2.63 bits per heavy atom. The van der Waals surface area contributed by atoms with E-state index in [4.69, 9.17) is 4.74 Å². The maximum absolute atomic E-state index is 13.8. The minimum absolute atomic E-state index is 0.0331. The number of ether oxygens (including phenoxy) is 1. The highest BCUT2D eigenvalue weighted by molar-refractivity contribution is 5.93. The number of nitrogens with zero attached hydrogens (tertiary/aromatic N) is 2. The molecule has 0 saturated heterocycles. The first-order chi connectivity index (χ1) is 16.7. The number of H-pyrrole nitrogens is 1. The van der Waals surface area contributed by atoms with E-state index in [1.807, 2.05) is 0 Å². The standard InChI is InChI=1S/C24H19F3N4O4/c1-2-35-23(34)18-13-28-31(21(18)24(25,26)27)17-8-5-7-16(12-17)29-20(32)11-15-10-14-6-3-4-9-19(14)30-22(15)33/h3-10,12-13H,2,11H2,1H3,(H,29,32)(H,30,33). The number of hydrogen-bond acceptors (Lipinski definition) is 5. The van der Waals surface area contributed by atoms with E-state index in [0.29, 0.717) is 10.2 Å². The summed E-state index contributed by atoms with van der Waals surface area (Å²) < 4.78 is 46.5. The van der Waals surface area contributed by atoms with Gasteiger partial charge in [-0.15, -0.1) is 0 Å². The zero-order chi connectivity index (χ0) is 25.2. The van der Waals surface area contributed by atoms with Gasteiger partial charge >= 0.3 is 12.1 Å². The van der Waals surface area contributed by atoms with Crippen molar-refractivity contribution in [1.29, 1.82) is 0 Å². The third kappa shape index (κ3) is 5.08. The van der Waals surface area contributed by atoms with E-state index < -0.39 is 34.9 Å². The zero-order valence-electron chi connectivity index (χ0n) is 18.3. The number of pyridine rings is 1. The van der Waals surface area contributed by atoms with Crippen LogP contribution in [-0.2, 0) is 22.1 Å². The van der Waals surface area contributed by atoms with Gasteiger partial charge in [0, 0.05) is 16.8 Å². The maximum Gasteiger partial charge on any atom is 0.434 e. The van der Waals surface area contributed by atoms with Crippen LogP contribution < -0.4 is 10.9 Å². The van der Waals surface area contributed by atoms with Crippen LogP contribution in [0, 0.1) is 0 Å². The van der Waals surface area contributed by atoms with Crippen molar-refractivity contribution in [1.82, 2.24) is 14.8 Å². The number of para-hydroxylation sites is 1. The van der Waals surface area contributed by atoms with E-state index >= 15 is 0 Å². The summed E-state index contributed by atoms with van der Waals surface area (Å²) in [5.74, 6) is -1.68. The summed E-state index contributed by atoms with van der Waals surface area (Å²) in [6.07, 6.45) is -4.35. The number of aromatic amines is 1. The van der Waals surface area contributed by atoms with Crippen molar-refractivity contribution in [3.63, 3.8) is 0 Å². The number of rotatable bonds is 6. The minimum Gasteiger partial charge on any atom is -0.462 e. The van der Waals surface area contributed by atoms with Crippen LogP contribution in [0.5, 0.6) is 0 Å². The van der Waals surface area contributed by atoms with Crippen LogP contribution in [0.4, 0.5) is 18.9 Å². The number of halogens is 3. The molecule has 0 aliphatic rings. The van der Waals surface area contributed by atoms with Crippen LogP contribution in [0.25, 0.3) is 16.6 Å². The molecule has 180 valence electrons. The van der Waals surface area contributed by atoms with Gasteiger partial charge in [-0.25, -0.2) is 9.48 Å². The SMILES string of the molecule is CCOC(=O)c1cnn(-c2cccc(NC(=O)Cc3cc4ccccc4[nH]c3=O)c2)c1C(F)(F)F. The van der Waals surface area contributed by atoms with E-state index in [9.17, 15) is 27.6 Å². The van der Waals surface area contributed by atoms with Crippen LogP contribution in [0.1, 0.15) is 28.5 Å². The molecule has 0 atom stereocenters. The molecule has 0 saturated carbocycles. The quantitative estimate of drug-likeness (QED) is 0.401. The topological polar surface area (TPSA) is 106 Å². The molecule has 1 amide bonds. The number of esters is 1. The summed E-state index contributed by atoms with van der Waals surface area (Å²) in [6.45, 7) is 1.39. The van der Waals surface area contributed by atoms with Crippen molar-refractivity contribution >= 4 is 28.5 Å². The van der Waals surface area contributed by atoms with Crippen molar-refractivity contribution in [3.8, 4) is 5.69 Å². The lowest BCUT2D eigenvalue weighted by atomic mass is 10.1. The molecule has 0 unspecified atom stereocenters. The average Bonchev–Trinajstić information content (AvgIpc) is 3.26. The van der Waals surface area contributed by atoms with Gasteiger partial charge in [0.25, 0.3) is 5.56 Å². The van der Waals surface area contributed by atoms with Gasteiger partial charge in [-0.3, -0.25) is 9.59 Å². The lowest BCUT2D eigenvalue weighted by Crippen LogP contribution is -2.21. The molecule has 2 N–H and O–H groups in total. The normalized spacial score (nSPS) is 11.4. The van der Waals surface area contributed by atoms with Gasteiger partial charge in [0.2, 0.25) is 5.91 Å². The van der Waals surface area contributed by atoms with Gasteiger partial charge in [0.1, 0.15) is 5.56 Å². The van der Waals surface area contributed by atoms with Crippen LogP contribution >= 0.6 is 0 Å². The Morgan fingerprint density at radius 2 is 1.89 bits per heavy atom. The molecule has 8 nitrogen and oxygen atoms in total. The van der Waals surface area contributed by atoms with Crippen molar-refractivity contribution in [2.24, 2.45) is 0 Å². The second kappa shape index (κ2) is 9.45. The van der Waals surface area contributed by atoms with Gasteiger partial charge in [-0.05, 0) is 42.6 Å². The van der Waals surface area contributed by atoms with E-state index in [2.05, 4.69) is 15.4 Å². The maximum atomic E-state index is 13.8. The number of fused-ring (bicyclic) bond motifs is 1. The number of anilines is 1. The van der Waals surface area contributed by atoms with Gasteiger partial charge < -0.3 is 15.0 Å². The van der Waals surface area contributed by atoms with Gasteiger partial charge in [-0.2, -0.15) is 18.3 Å². The fourth-order valence-corrected chi connectivity index (χ4v) is 3.59. The van der Waals surface area contributed by atoms with Gasteiger partial charge in [0.15, 0.2) is 5.69 Å². The fraction of sp³-hybridized carbons (Fsp3) is 0.167. The van der Waals surface area contributed by atoms with Crippen LogP contribution in [0.15, 0.2) is 65.6 Å². The third-order valence-electron chi connectivity index (χ3n) is 5.09. The summed E-state index contributed by atoms with van der Waals surface area (Å²) in [4.78, 5) is 39.6. The van der Waals surface area contributed by atoms with Crippen molar-refractivity contribution in [2.45, 2.75) is 19.5 Å². The van der Waals surface area contributed by atoms with Gasteiger partial charge in [0.05, 0.1) is 24.9 Å². The predicted molar refractivity (Wildman–Crippen MR) is 121 cm³/mol. The molecule has 0 radical (unpaired) electrons. The number of nitrogens with one attached hydrogen (secondary N) is 2. The highest BCUT2D eigenvalue weighted by atomic mass is 19.4. The molecular weight excluding hydrogens is 465 g/mol. The lowest BCUT2D eigenvalue weighted by molar-refractivity contribution is -0.143. The summed E-state index contributed by atoms with van der Waals surface area (Å²) >= 11 is 0. The van der Waals surface area contributed by atoms with Crippen molar-refractivity contribution < 1.29 is 27.5 Å². The number of benzene rings is 2. The van der Waals surface area contributed by atoms with Crippen LogP contribution in [0.2, 0.25) is 0 Å². The Labute approximate surface area is 196 Å². The molecule has 0 fully saturated rings. The number of carbonyl (C=O) groups is 2. The zero-order valence-corrected chi connectivity index (χ0v) is 18.3. The summed E-state index contributed by atoms with van der Waals surface area (Å²) in [5.41, 5.74) is -1.39. The molecule has 4 aromatic rings. The highest BCUT2D eigenvalue weighted by Gasteiger charge is 2.41. The molecular formula is C24H19F3N4O4. The monoisotopic (exact) mass is 484 g/mol. The molecule has 2 aromatic carbocycles. The average molecular weight is 484 g/mol. The first-order valence-electron chi connectivity index (χ1n) is 10.5. The van der Waals surface area contributed by atoms with Crippen molar-refractivity contribution in [2.75, 3.05) is 11.9 Å². The molecule has 0 aliphatic carbocycles. The molecule has 2 aromatic heterocycles. The van der Waals surface area contributed by atoms with E-state index in [-0.39, 0.29) is 30.0 Å². The fourth-order valence-electron chi connectivity index (χ4n) is 3.59. The lowest BCUT2D eigenvalue weighted by Gasteiger charge is -2.13. The van der Waals surface area contributed by atoms with Crippen molar-refractivity contribution in [3.05, 3.63) is 88.0 Å². The largest absolute Gasteiger partial charge is 0.462 e. The predicted octanol–water partition coefficient (Wildman–Crippen LogP) is 4.09. The van der Waals surface area contributed by atoms with E-state index in [0.717, 1.165) is 11.6 Å². The molecule has 0 spiro atoms. The second-order valence-electron chi connectivity index (χ2n) is 7.52.